The Bertz CT molecular complexity index is 514. The molecule has 0 heterocycles. The van der Waals surface area contributed by atoms with Gasteiger partial charge in [0.05, 0.1) is 0 Å². The first-order chi connectivity index (χ1) is 9.81. The molecule has 108 valence electrons. The van der Waals surface area contributed by atoms with Gasteiger partial charge in [-0.1, -0.05) is 6.92 Å². The molecule has 7 aliphatic rings. The van der Waals surface area contributed by atoms with Crippen LogP contribution in [0, 0.1) is 82.9 Å². The molecule has 0 saturated heterocycles. The van der Waals surface area contributed by atoms with Gasteiger partial charge in [-0.2, -0.15) is 0 Å². The van der Waals surface area contributed by atoms with Crippen LogP contribution in [0.3, 0.4) is 0 Å². The zero-order valence-electron chi connectivity index (χ0n) is 12.5. The fourth-order valence-electron chi connectivity index (χ4n) is 10.1. The van der Waals surface area contributed by atoms with Crippen LogP contribution >= 0.6 is 0 Å². The van der Waals surface area contributed by atoms with E-state index in [9.17, 15) is 0 Å². The smallest absolute Gasteiger partial charge is 0.00459 e. The Balaban J connectivity index is 1.20. The highest BCUT2D eigenvalue weighted by Crippen LogP contribution is 2.89. The van der Waals surface area contributed by atoms with Crippen molar-refractivity contribution in [3.8, 4) is 0 Å². The van der Waals surface area contributed by atoms with Crippen molar-refractivity contribution in [3.63, 3.8) is 0 Å². The highest BCUT2D eigenvalue weighted by atomic mass is 14.9. The van der Waals surface area contributed by atoms with E-state index in [1.807, 2.05) is 0 Å². The summed E-state index contributed by atoms with van der Waals surface area (Å²) in [6, 6.07) is 0. The van der Waals surface area contributed by atoms with Crippen molar-refractivity contribution in [3.05, 3.63) is 0 Å². The third kappa shape index (κ3) is 0.769. The molecule has 7 fully saturated rings. The van der Waals surface area contributed by atoms with Gasteiger partial charge in [0.1, 0.15) is 0 Å². The topological polar surface area (TPSA) is 26.0 Å². The van der Waals surface area contributed by atoms with E-state index < -0.39 is 0 Å². The van der Waals surface area contributed by atoms with E-state index in [0.29, 0.717) is 0 Å². The zero-order chi connectivity index (χ0) is 12.9. The van der Waals surface area contributed by atoms with Gasteiger partial charge in [0.2, 0.25) is 0 Å². The van der Waals surface area contributed by atoms with E-state index in [-0.39, 0.29) is 0 Å². The summed E-state index contributed by atoms with van der Waals surface area (Å²) >= 11 is 0. The molecule has 1 nitrogen and oxygen atoms in total. The van der Waals surface area contributed by atoms with E-state index >= 15 is 0 Å². The molecule has 0 amide bonds. The molecule has 1 heteroatoms. The van der Waals surface area contributed by atoms with E-state index in [0.717, 1.165) is 30.2 Å². The quantitative estimate of drug-likeness (QED) is 0.728. The normalized spacial score (nSPS) is 80.1. The summed E-state index contributed by atoms with van der Waals surface area (Å²) in [5.41, 5.74) is 5.98. The minimum absolute atomic E-state index is 0.942. The van der Waals surface area contributed by atoms with Crippen LogP contribution in [-0.2, 0) is 0 Å². The molecule has 0 aliphatic heterocycles. The Morgan fingerprint density at radius 2 is 1.35 bits per heavy atom. The SMILES string of the molecule is CC1CC2CC1C1C2C2C1C1C3C4CC(CN)C4C3C21. The summed E-state index contributed by atoms with van der Waals surface area (Å²) in [5, 5.41) is 0. The summed E-state index contributed by atoms with van der Waals surface area (Å²) in [4.78, 5) is 0. The predicted molar refractivity (Wildman–Crippen MR) is 77.4 cm³/mol. The van der Waals surface area contributed by atoms with Crippen molar-refractivity contribution in [1.82, 2.24) is 0 Å². The van der Waals surface area contributed by atoms with Crippen molar-refractivity contribution in [2.45, 2.75) is 26.2 Å². The minimum atomic E-state index is 0.942. The van der Waals surface area contributed by atoms with E-state index in [1.54, 1.807) is 12.8 Å². The van der Waals surface area contributed by atoms with Crippen LogP contribution in [0.1, 0.15) is 26.2 Å². The molecule has 0 aromatic heterocycles. The molecule has 7 saturated carbocycles. The van der Waals surface area contributed by atoms with Crippen molar-refractivity contribution in [1.29, 1.82) is 0 Å². The molecule has 0 aromatic carbocycles. The van der Waals surface area contributed by atoms with Gasteiger partial charge in [-0.25, -0.2) is 0 Å². The largest absolute Gasteiger partial charge is 0.330 e. The summed E-state index contributed by atoms with van der Waals surface area (Å²) in [6.45, 7) is 3.55. The Hall–Kier alpha value is -0.0400. The van der Waals surface area contributed by atoms with E-state index in [2.05, 4.69) is 6.92 Å². The van der Waals surface area contributed by atoms with Crippen molar-refractivity contribution in [2.24, 2.45) is 88.6 Å². The molecular weight excluding hydrogens is 242 g/mol. The molecule has 2 bridgehead atoms. The zero-order valence-corrected chi connectivity index (χ0v) is 12.5. The molecule has 7 aliphatic carbocycles. The first-order valence-corrected chi connectivity index (χ1v) is 9.51. The molecular formula is C19H27N. The van der Waals surface area contributed by atoms with E-state index in [4.69, 9.17) is 5.73 Å². The predicted octanol–water partition coefficient (Wildman–Crippen LogP) is 2.86. The Kier molecular flexibility index (Phi) is 1.54. The van der Waals surface area contributed by atoms with Crippen LogP contribution in [0.4, 0.5) is 0 Å². The maximum Gasteiger partial charge on any atom is -0.00459 e. The molecule has 7 rings (SSSR count). The Morgan fingerprint density at radius 3 is 2.15 bits per heavy atom. The lowest BCUT2D eigenvalue weighted by Crippen LogP contribution is -2.84. The van der Waals surface area contributed by atoms with Crippen LogP contribution in [0.25, 0.3) is 0 Å². The van der Waals surface area contributed by atoms with Crippen LogP contribution < -0.4 is 5.73 Å². The van der Waals surface area contributed by atoms with Crippen LogP contribution in [0.15, 0.2) is 0 Å². The number of hydrogen-bond donors (Lipinski definition) is 1. The Labute approximate surface area is 122 Å². The summed E-state index contributed by atoms with van der Waals surface area (Å²) in [7, 11) is 0. The molecule has 0 radical (unpaired) electrons. The molecule has 0 aromatic rings. The summed E-state index contributed by atoms with van der Waals surface area (Å²) in [6.07, 6.45) is 4.74. The highest BCUT2D eigenvalue weighted by molar-refractivity contribution is 5.32. The summed E-state index contributed by atoms with van der Waals surface area (Å²) in [5.74, 6) is 16.4. The third-order valence-electron chi connectivity index (χ3n) is 10.3. The van der Waals surface area contributed by atoms with Gasteiger partial charge in [0.15, 0.2) is 0 Å². The third-order valence-corrected chi connectivity index (χ3v) is 10.3. The molecule has 14 atom stereocenters. The summed E-state index contributed by atoms with van der Waals surface area (Å²) < 4.78 is 0. The van der Waals surface area contributed by atoms with E-state index in [1.165, 1.54) is 65.6 Å². The fraction of sp³-hybridized carbons (Fsp3) is 1.00. The number of fused-ring (bicyclic) bond motifs is 17. The fourth-order valence-corrected chi connectivity index (χ4v) is 10.1. The molecule has 20 heavy (non-hydrogen) atoms. The van der Waals surface area contributed by atoms with Crippen molar-refractivity contribution in [2.75, 3.05) is 6.54 Å². The lowest BCUT2D eigenvalue weighted by atomic mass is 9.17. The monoisotopic (exact) mass is 269 g/mol. The average Bonchev–Trinajstić information content (AvgIpc) is 2.88. The Morgan fingerprint density at radius 1 is 0.700 bits per heavy atom. The maximum absolute atomic E-state index is 5.98. The van der Waals surface area contributed by atoms with Crippen LogP contribution in [-0.4, -0.2) is 6.54 Å². The number of nitrogens with two attached hydrogens (primary N) is 1. The molecule has 14 unspecified atom stereocenters. The molecule has 2 N–H and O–H groups in total. The highest BCUT2D eigenvalue weighted by Gasteiger charge is 2.85. The lowest BCUT2D eigenvalue weighted by molar-refractivity contribution is -0.409. The van der Waals surface area contributed by atoms with Gasteiger partial charge in [0.25, 0.3) is 0 Å². The molecule has 0 spiro atoms. The maximum atomic E-state index is 5.98. The van der Waals surface area contributed by atoms with Gasteiger partial charge >= 0.3 is 0 Å². The van der Waals surface area contributed by atoms with Gasteiger partial charge in [0, 0.05) is 0 Å². The average molecular weight is 269 g/mol. The number of rotatable bonds is 1. The van der Waals surface area contributed by atoms with Crippen LogP contribution in [0.2, 0.25) is 0 Å². The second-order valence-electron chi connectivity index (χ2n) is 9.96. The van der Waals surface area contributed by atoms with Crippen molar-refractivity contribution < 1.29 is 0 Å². The van der Waals surface area contributed by atoms with Crippen molar-refractivity contribution >= 4 is 0 Å². The van der Waals surface area contributed by atoms with Gasteiger partial charge in [-0.15, -0.1) is 0 Å². The minimum Gasteiger partial charge on any atom is -0.330 e. The van der Waals surface area contributed by atoms with Gasteiger partial charge in [-0.05, 0) is 109 Å². The second kappa shape index (κ2) is 2.90. The first kappa shape index (κ1) is 10.6. The second-order valence-corrected chi connectivity index (χ2v) is 9.96. The lowest BCUT2D eigenvalue weighted by Gasteiger charge is -2.88. The first-order valence-electron chi connectivity index (χ1n) is 9.51. The standard InChI is InChI=1S/C19H27N/c1-6-2-7-3-9(6)13-12(7)16-17(13)18-14-10-4-8(5-20)11(10)15(14)19(16)18/h6-19H,2-5,20H2,1H3. The van der Waals surface area contributed by atoms with Gasteiger partial charge < -0.3 is 5.73 Å². The number of hydrogen-bond acceptors (Lipinski definition) is 1. The van der Waals surface area contributed by atoms with Gasteiger partial charge in [-0.3, -0.25) is 0 Å². The van der Waals surface area contributed by atoms with Crippen LogP contribution in [0.5, 0.6) is 0 Å².